The third-order valence-corrected chi connectivity index (χ3v) is 6.67. The molecule has 1 aliphatic rings. The predicted octanol–water partition coefficient (Wildman–Crippen LogP) is 1.91. The zero-order chi connectivity index (χ0) is 23.9. The summed E-state index contributed by atoms with van der Waals surface area (Å²) in [5.41, 5.74) is 0.668. The van der Waals surface area contributed by atoms with Gasteiger partial charge in [-0.25, -0.2) is 18.0 Å². The maximum Gasteiger partial charge on any atom is 0.414 e. The van der Waals surface area contributed by atoms with Crippen molar-refractivity contribution in [3.8, 4) is 0 Å². The number of halogens is 1. The van der Waals surface area contributed by atoms with Crippen LogP contribution in [0, 0.1) is 10.1 Å². The molecule has 1 fully saturated rings. The van der Waals surface area contributed by atoms with Gasteiger partial charge >= 0.3 is 11.9 Å². The van der Waals surface area contributed by atoms with Gasteiger partial charge in [-0.3, -0.25) is 15.0 Å². The Kier molecular flexibility index (Phi) is 8.66. The summed E-state index contributed by atoms with van der Waals surface area (Å²) < 4.78 is 26.9. The van der Waals surface area contributed by atoms with Crippen molar-refractivity contribution in [1.29, 1.82) is 0 Å². The van der Waals surface area contributed by atoms with Crippen molar-refractivity contribution in [2.75, 3.05) is 26.2 Å². The number of hydrogen-bond donors (Lipinski definition) is 2. The zero-order valence-corrected chi connectivity index (χ0v) is 18.2. The molecule has 1 saturated heterocycles. The molecule has 0 amide bonds. The van der Waals surface area contributed by atoms with Crippen molar-refractivity contribution >= 4 is 39.3 Å². The van der Waals surface area contributed by atoms with Crippen molar-refractivity contribution in [3.63, 3.8) is 0 Å². The summed E-state index contributed by atoms with van der Waals surface area (Å²) in [5.74, 6) is -3.65. The molecule has 1 aliphatic heterocycles. The van der Waals surface area contributed by atoms with Crippen LogP contribution in [0.15, 0.2) is 53.4 Å². The number of nitro groups is 1. The van der Waals surface area contributed by atoms with Crippen LogP contribution in [0.25, 0.3) is 0 Å². The lowest BCUT2D eigenvalue weighted by Gasteiger charge is -2.33. The van der Waals surface area contributed by atoms with Crippen LogP contribution in [0.4, 0.5) is 5.69 Å². The summed E-state index contributed by atoms with van der Waals surface area (Å²) in [5, 5.41) is 26.6. The smallest absolute Gasteiger partial charge is 0.414 e. The number of nitro benzene ring substituents is 1. The van der Waals surface area contributed by atoms with E-state index < -0.39 is 32.6 Å². The second-order valence-corrected chi connectivity index (χ2v) is 8.99. The van der Waals surface area contributed by atoms with E-state index in [9.17, 15) is 18.5 Å². The van der Waals surface area contributed by atoms with Crippen LogP contribution in [-0.4, -0.2) is 70.9 Å². The lowest BCUT2D eigenvalue weighted by Crippen LogP contribution is -2.48. The average molecular weight is 486 g/mol. The fourth-order valence-electron chi connectivity index (χ4n) is 2.99. The third-order valence-electron chi connectivity index (χ3n) is 4.49. The van der Waals surface area contributed by atoms with E-state index in [1.165, 1.54) is 28.6 Å². The highest BCUT2D eigenvalue weighted by Crippen LogP contribution is 2.27. The summed E-state index contributed by atoms with van der Waals surface area (Å²) >= 11 is 5.99. The normalized spacial score (nSPS) is 14.8. The molecule has 1 heterocycles. The first-order valence-corrected chi connectivity index (χ1v) is 11.0. The number of carboxylic acid groups (broad SMARTS) is 2. The molecule has 11 nitrogen and oxygen atoms in total. The Hall–Kier alpha value is -3.06. The van der Waals surface area contributed by atoms with Gasteiger partial charge in [0.25, 0.3) is 5.69 Å². The molecule has 0 bridgehead atoms. The van der Waals surface area contributed by atoms with Gasteiger partial charge in [0.15, 0.2) is 4.90 Å². The van der Waals surface area contributed by atoms with Gasteiger partial charge in [0.2, 0.25) is 10.0 Å². The molecule has 2 aromatic rings. The summed E-state index contributed by atoms with van der Waals surface area (Å²) in [6.07, 6.45) is 0. The highest BCUT2D eigenvalue weighted by Gasteiger charge is 2.33. The van der Waals surface area contributed by atoms with Gasteiger partial charge < -0.3 is 10.2 Å². The molecule has 2 aromatic carbocycles. The highest BCUT2D eigenvalue weighted by molar-refractivity contribution is 7.89. The van der Waals surface area contributed by atoms with Gasteiger partial charge in [-0.05, 0) is 23.8 Å². The van der Waals surface area contributed by atoms with Crippen molar-refractivity contribution in [1.82, 2.24) is 9.21 Å². The number of aliphatic carboxylic acids is 2. The van der Waals surface area contributed by atoms with Gasteiger partial charge in [-0.1, -0.05) is 35.9 Å². The Bertz CT molecular complexity index is 1090. The van der Waals surface area contributed by atoms with Crippen LogP contribution in [0.1, 0.15) is 5.56 Å². The molecule has 32 heavy (non-hydrogen) atoms. The fraction of sp³-hybridized carbons (Fsp3) is 0.263. The molecule has 0 saturated carbocycles. The summed E-state index contributed by atoms with van der Waals surface area (Å²) in [7, 11) is -3.90. The Morgan fingerprint density at radius 2 is 1.59 bits per heavy atom. The number of carbonyl (C=O) groups is 2. The predicted molar refractivity (Wildman–Crippen MR) is 114 cm³/mol. The molecule has 0 unspecified atom stereocenters. The van der Waals surface area contributed by atoms with E-state index in [0.29, 0.717) is 24.7 Å². The van der Waals surface area contributed by atoms with E-state index in [-0.39, 0.29) is 18.0 Å². The van der Waals surface area contributed by atoms with Crippen molar-refractivity contribution in [3.05, 3.63) is 69.2 Å². The molecule has 13 heteroatoms. The first-order valence-electron chi connectivity index (χ1n) is 9.19. The Morgan fingerprint density at radius 3 is 2.12 bits per heavy atom. The minimum absolute atomic E-state index is 0.256. The molecule has 3 rings (SSSR count). The number of nitrogens with zero attached hydrogens (tertiary/aromatic N) is 3. The monoisotopic (exact) mass is 485 g/mol. The van der Waals surface area contributed by atoms with E-state index in [0.717, 1.165) is 5.56 Å². The molecule has 0 aliphatic carbocycles. The molecule has 172 valence electrons. The van der Waals surface area contributed by atoms with Crippen LogP contribution in [0.5, 0.6) is 0 Å². The van der Waals surface area contributed by atoms with Crippen LogP contribution in [0.3, 0.4) is 0 Å². The minimum atomic E-state index is -3.90. The first-order chi connectivity index (χ1) is 15.0. The summed E-state index contributed by atoms with van der Waals surface area (Å²) in [4.78, 5) is 30.6. The van der Waals surface area contributed by atoms with Crippen LogP contribution in [0.2, 0.25) is 5.02 Å². The highest BCUT2D eigenvalue weighted by atomic mass is 35.5. The zero-order valence-electron chi connectivity index (χ0n) is 16.6. The number of benzene rings is 2. The molecular weight excluding hydrogens is 466 g/mol. The molecule has 0 radical (unpaired) electrons. The first kappa shape index (κ1) is 25.2. The molecule has 0 atom stereocenters. The van der Waals surface area contributed by atoms with Gasteiger partial charge in [0.1, 0.15) is 0 Å². The topological polar surface area (TPSA) is 158 Å². The number of rotatable bonds is 5. The molecule has 2 N–H and O–H groups in total. The number of hydrogen-bond acceptors (Lipinski definition) is 7. The third kappa shape index (κ3) is 6.72. The minimum Gasteiger partial charge on any atom is -0.473 e. The molecular formula is C19H20ClN3O8S. The second kappa shape index (κ2) is 11.0. The van der Waals surface area contributed by atoms with Gasteiger partial charge in [-0.2, -0.15) is 4.31 Å². The van der Waals surface area contributed by atoms with E-state index in [2.05, 4.69) is 4.90 Å². The summed E-state index contributed by atoms with van der Waals surface area (Å²) in [6, 6.07) is 13.0. The van der Waals surface area contributed by atoms with Crippen molar-refractivity contribution < 1.29 is 33.1 Å². The average Bonchev–Trinajstić information content (AvgIpc) is 2.74. The molecule has 0 aromatic heterocycles. The second-order valence-electron chi connectivity index (χ2n) is 6.65. The van der Waals surface area contributed by atoms with E-state index in [1.54, 1.807) is 0 Å². The van der Waals surface area contributed by atoms with E-state index in [4.69, 9.17) is 31.4 Å². The number of para-hydroxylation sites is 1. The molecule has 0 spiro atoms. The van der Waals surface area contributed by atoms with Gasteiger partial charge in [0.05, 0.1) is 4.92 Å². The number of sulfonamides is 1. The Labute approximate surface area is 188 Å². The van der Waals surface area contributed by atoms with Gasteiger partial charge in [0, 0.05) is 43.8 Å². The quantitative estimate of drug-likeness (QED) is 0.366. The van der Waals surface area contributed by atoms with Crippen LogP contribution >= 0.6 is 11.6 Å². The Morgan fingerprint density at radius 1 is 1.00 bits per heavy atom. The maximum absolute atomic E-state index is 12.8. The standard InChI is InChI=1S/C17H18ClN3O4S.C2H2O4/c18-15-5-3-4-14(12-15)13-19-8-10-20(11-9-19)26(24,25)17-7-2-1-6-16(17)21(22)23;3-1(4)2(5)6/h1-7,12H,8-11,13H2;(H,3,4)(H,5,6). The summed E-state index contributed by atoms with van der Waals surface area (Å²) in [6.45, 7) is 2.35. The Balaban J connectivity index is 0.000000534. The van der Waals surface area contributed by atoms with Crippen LogP contribution < -0.4 is 0 Å². The lowest BCUT2D eigenvalue weighted by molar-refractivity contribution is -0.387. The van der Waals surface area contributed by atoms with E-state index >= 15 is 0 Å². The SMILES string of the molecule is O=C(O)C(=O)O.O=[N+]([O-])c1ccccc1S(=O)(=O)N1CCN(Cc2cccc(Cl)c2)CC1. The lowest BCUT2D eigenvalue weighted by atomic mass is 10.2. The number of piperazine rings is 1. The van der Waals surface area contributed by atoms with Crippen molar-refractivity contribution in [2.24, 2.45) is 0 Å². The largest absolute Gasteiger partial charge is 0.473 e. The van der Waals surface area contributed by atoms with Crippen molar-refractivity contribution in [2.45, 2.75) is 11.4 Å². The van der Waals surface area contributed by atoms with Crippen LogP contribution in [-0.2, 0) is 26.2 Å². The number of carboxylic acids is 2. The maximum atomic E-state index is 12.8. The van der Waals surface area contributed by atoms with E-state index in [1.807, 2.05) is 24.3 Å². The fourth-order valence-corrected chi connectivity index (χ4v) is 4.78. The van der Waals surface area contributed by atoms with Gasteiger partial charge in [-0.15, -0.1) is 0 Å².